The first kappa shape index (κ1) is 15.3. The second-order valence-corrected chi connectivity index (χ2v) is 7.41. The molecular weight excluding hydrogens is 262 g/mol. The van der Waals surface area contributed by atoms with Gasteiger partial charge in [0.25, 0.3) is 0 Å². The summed E-state index contributed by atoms with van der Waals surface area (Å²) in [5, 5.41) is 3.47. The van der Waals surface area contributed by atoms with Gasteiger partial charge in [0.05, 0.1) is 0 Å². The molecule has 0 saturated carbocycles. The van der Waals surface area contributed by atoms with E-state index >= 15 is 0 Å². The molecule has 1 aromatic heterocycles. The lowest BCUT2D eigenvalue weighted by Crippen LogP contribution is -2.12. The van der Waals surface area contributed by atoms with Gasteiger partial charge in [0, 0.05) is 16.3 Å². The average Bonchev–Trinajstić information content (AvgIpc) is 2.87. The van der Waals surface area contributed by atoms with Gasteiger partial charge in [-0.25, -0.2) is 0 Å². The summed E-state index contributed by atoms with van der Waals surface area (Å²) in [7, 11) is 0. The molecule has 2 rings (SSSR count). The van der Waals surface area contributed by atoms with Gasteiger partial charge in [-0.15, -0.1) is 11.3 Å². The topological polar surface area (TPSA) is 12.0 Å². The normalized spacial score (nSPS) is 11.8. The van der Waals surface area contributed by atoms with Gasteiger partial charge in [0.2, 0.25) is 0 Å². The van der Waals surface area contributed by atoms with Crippen LogP contribution in [0.3, 0.4) is 0 Å². The van der Waals surface area contributed by atoms with E-state index in [9.17, 15) is 0 Å². The maximum Gasteiger partial charge on any atom is 0.0349 e. The Kier molecular flexibility index (Phi) is 5.00. The van der Waals surface area contributed by atoms with Gasteiger partial charge in [0.15, 0.2) is 0 Å². The molecule has 0 fully saturated rings. The molecule has 0 aliphatic rings. The summed E-state index contributed by atoms with van der Waals surface area (Å²) in [6.45, 7) is 11.1. The largest absolute Gasteiger partial charge is 0.312 e. The molecule has 2 aromatic rings. The highest BCUT2D eigenvalue weighted by atomic mass is 32.1. The van der Waals surface area contributed by atoms with E-state index in [0.717, 1.165) is 13.1 Å². The Hall–Kier alpha value is -1.12. The van der Waals surface area contributed by atoms with Gasteiger partial charge in [-0.05, 0) is 41.6 Å². The van der Waals surface area contributed by atoms with Crippen LogP contribution in [0, 0.1) is 0 Å². The number of benzene rings is 1. The third-order valence-electron chi connectivity index (χ3n) is 3.39. The minimum absolute atomic E-state index is 0.182. The van der Waals surface area contributed by atoms with E-state index in [1.54, 1.807) is 0 Å². The highest BCUT2D eigenvalue weighted by molar-refractivity contribution is 7.15. The highest BCUT2D eigenvalue weighted by Gasteiger charge is 2.18. The fraction of sp³-hybridized carbons (Fsp3) is 0.444. The van der Waals surface area contributed by atoms with Crippen LogP contribution < -0.4 is 5.32 Å². The van der Waals surface area contributed by atoms with Crippen molar-refractivity contribution >= 4 is 11.3 Å². The van der Waals surface area contributed by atoms with Crippen molar-refractivity contribution in [2.45, 2.75) is 46.1 Å². The smallest absolute Gasteiger partial charge is 0.0349 e. The van der Waals surface area contributed by atoms with Crippen molar-refractivity contribution in [2.24, 2.45) is 0 Å². The highest BCUT2D eigenvalue weighted by Crippen LogP contribution is 2.36. The molecule has 1 heterocycles. The van der Waals surface area contributed by atoms with E-state index in [4.69, 9.17) is 0 Å². The van der Waals surface area contributed by atoms with E-state index in [0.29, 0.717) is 0 Å². The number of thiophene rings is 1. The summed E-state index contributed by atoms with van der Waals surface area (Å²) in [4.78, 5) is 2.79. The predicted molar refractivity (Wildman–Crippen MR) is 90.5 cm³/mol. The standard InChI is InChI=1S/C18H25NS/c1-5-12-19-13-14-10-11-17(20-14)15-8-6-7-9-16(15)18(2,3)4/h6-11,19H,5,12-13H2,1-4H3. The molecule has 1 nitrogen and oxygen atoms in total. The molecule has 0 radical (unpaired) electrons. The molecule has 0 atom stereocenters. The number of nitrogens with one attached hydrogen (secondary N) is 1. The zero-order chi connectivity index (χ0) is 14.6. The molecule has 0 aliphatic heterocycles. The molecule has 1 aromatic carbocycles. The summed E-state index contributed by atoms with van der Waals surface area (Å²) in [6, 6.07) is 13.3. The van der Waals surface area contributed by atoms with E-state index in [-0.39, 0.29) is 5.41 Å². The Bertz CT molecular complexity index is 549. The fourth-order valence-corrected chi connectivity index (χ4v) is 3.37. The molecule has 0 aliphatic carbocycles. The van der Waals surface area contributed by atoms with Crippen LogP contribution >= 0.6 is 11.3 Å². The van der Waals surface area contributed by atoms with Crippen LogP contribution in [0.25, 0.3) is 10.4 Å². The van der Waals surface area contributed by atoms with Crippen LogP contribution in [0.2, 0.25) is 0 Å². The van der Waals surface area contributed by atoms with Gasteiger partial charge in [0.1, 0.15) is 0 Å². The summed E-state index contributed by atoms with van der Waals surface area (Å²) in [5.41, 5.74) is 2.99. The Morgan fingerprint density at radius 3 is 2.50 bits per heavy atom. The predicted octanol–water partition coefficient (Wildman–Crippen LogP) is 5.21. The quantitative estimate of drug-likeness (QED) is 0.744. The Morgan fingerprint density at radius 1 is 1.05 bits per heavy atom. The second kappa shape index (κ2) is 6.55. The summed E-state index contributed by atoms with van der Waals surface area (Å²) in [6.07, 6.45) is 1.19. The van der Waals surface area contributed by atoms with Gasteiger partial charge in [-0.3, -0.25) is 0 Å². The SMILES string of the molecule is CCCNCc1ccc(-c2ccccc2C(C)(C)C)s1. The first-order chi connectivity index (χ1) is 9.52. The Labute approximate surface area is 127 Å². The summed E-state index contributed by atoms with van der Waals surface area (Å²) >= 11 is 1.90. The lowest BCUT2D eigenvalue weighted by Gasteiger charge is -2.22. The average molecular weight is 287 g/mol. The molecule has 0 spiro atoms. The summed E-state index contributed by atoms with van der Waals surface area (Å²) in [5.74, 6) is 0. The zero-order valence-corrected chi connectivity index (χ0v) is 13.8. The maximum atomic E-state index is 3.47. The second-order valence-electron chi connectivity index (χ2n) is 6.24. The molecule has 0 saturated heterocycles. The molecular formula is C18H25NS. The van der Waals surface area contributed by atoms with Crippen LogP contribution in [-0.4, -0.2) is 6.54 Å². The van der Waals surface area contributed by atoms with Crippen molar-refractivity contribution in [1.82, 2.24) is 5.32 Å². The lowest BCUT2D eigenvalue weighted by molar-refractivity contribution is 0.592. The van der Waals surface area contributed by atoms with Gasteiger partial charge in [-0.2, -0.15) is 0 Å². The van der Waals surface area contributed by atoms with Crippen LogP contribution in [0.1, 0.15) is 44.6 Å². The first-order valence-corrected chi connectivity index (χ1v) is 8.23. The lowest BCUT2D eigenvalue weighted by atomic mass is 9.83. The minimum atomic E-state index is 0.182. The first-order valence-electron chi connectivity index (χ1n) is 7.41. The molecule has 0 bridgehead atoms. The third kappa shape index (κ3) is 3.71. The molecule has 0 amide bonds. The summed E-state index contributed by atoms with van der Waals surface area (Å²) < 4.78 is 0. The van der Waals surface area contributed by atoms with Gasteiger partial charge >= 0.3 is 0 Å². The third-order valence-corrected chi connectivity index (χ3v) is 4.51. The molecule has 0 unspecified atom stereocenters. The van der Waals surface area contributed by atoms with Gasteiger partial charge in [-0.1, -0.05) is 52.0 Å². The molecule has 108 valence electrons. The number of rotatable bonds is 5. The fourth-order valence-electron chi connectivity index (χ4n) is 2.36. The van der Waals surface area contributed by atoms with Crippen molar-refractivity contribution in [3.63, 3.8) is 0 Å². The molecule has 2 heteroatoms. The Balaban J connectivity index is 2.24. The van der Waals surface area contributed by atoms with Crippen molar-refractivity contribution < 1.29 is 0 Å². The van der Waals surface area contributed by atoms with Crippen molar-refractivity contribution in [3.8, 4) is 10.4 Å². The van der Waals surface area contributed by atoms with Crippen molar-refractivity contribution in [1.29, 1.82) is 0 Å². The monoisotopic (exact) mass is 287 g/mol. The number of hydrogen-bond donors (Lipinski definition) is 1. The van der Waals surface area contributed by atoms with Crippen LogP contribution in [-0.2, 0) is 12.0 Å². The Morgan fingerprint density at radius 2 is 1.80 bits per heavy atom. The minimum Gasteiger partial charge on any atom is -0.312 e. The van der Waals surface area contributed by atoms with E-state index in [2.05, 4.69) is 69.4 Å². The van der Waals surface area contributed by atoms with E-state index < -0.39 is 0 Å². The van der Waals surface area contributed by atoms with Crippen LogP contribution in [0.4, 0.5) is 0 Å². The number of hydrogen-bond acceptors (Lipinski definition) is 2. The molecule has 1 N–H and O–H groups in total. The van der Waals surface area contributed by atoms with E-state index in [1.807, 2.05) is 11.3 Å². The molecule has 20 heavy (non-hydrogen) atoms. The van der Waals surface area contributed by atoms with Crippen LogP contribution in [0.5, 0.6) is 0 Å². The van der Waals surface area contributed by atoms with Crippen LogP contribution in [0.15, 0.2) is 36.4 Å². The van der Waals surface area contributed by atoms with E-state index in [1.165, 1.54) is 27.3 Å². The van der Waals surface area contributed by atoms with Crippen molar-refractivity contribution in [2.75, 3.05) is 6.54 Å². The van der Waals surface area contributed by atoms with Gasteiger partial charge < -0.3 is 5.32 Å². The maximum absolute atomic E-state index is 3.47. The van der Waals surface area contributed by atoms with Crippen molar-refractivity contribution in [3.05, 3.63) is 46.8 Å². The zero-order valence-electron chi connectivity index (χ0n) is 13.0.